The number of carbonyl (C=O) groups is 1. The maximum absolute atomic E-state index is 10.3. The van der Waals surface area contributed by atoms with Gasteiger partial charge in [0, 0.05) is 5.39 Å². The largest absolute Gasteiger partial charge is 0.506 e. The molecule has 0 unspecified atom stereocenters. The second-order valence-corrected chi connectivity index (χ2v) is 3.56. The first-order valence-electron chi connectivity index (χ1n) is 5.10. The van der Waals surface area contributed by atoms with Gasteiger partial charge >= 0.3 is 5.97 Å². The number of hydrogen-bond donors (Lipinski definition) is 2. The van der Waals surface area contributed by atoms with Crippen LogP contribution in [0.2, 0.25) is 0 Å². The monoisotopic (exact) mass is 226 g/mol. The molecule has 0 amide bonds. The lowest BCUT2D eigenvalue weighted by atomic mass is 10.1. The average molecular weight is 226 g/mol. The quantitative estimate of drug-likeness (QED) is 0.734. The number of carboxylic acid groups (broad SMARTS) is 1. The van der Waals surface area contributed by atoms with E-state index in [1.165, 1.54) is 0 Å². The van der Waals surface area contributed by atoms with Crippen LogP contribution in [-0.4, -0.2) is 16.2 Å². The van der Waals surface area contributed by atoms with Crippen LogP contribution in [0.3, 0.4) is 0 Å². The van der Waals surface area contributed by atoms with Gasteiger partial charge in [0.1, 0.15) is 12.2 Å². The molecular formula is C14H10O3. The van der Waals surface area contributed by atoms with Gasteiger partial charge in [-0.25, -0.2) is 0 Å². The summed E-state index contributed by atoms with van der Waals surface area (Å²) in [6.45, 7) is 0. The van der Waals surface area contributed by atoms with Crippen LogP contribution >= 0.6 is 0 Å². The molecule has 2 aromatic carbocycles. The van der Waals surface area contributed by atoms with Gasteiger partial charge in [-0.05, 0) is 11.5 Å². The van der Waals surface area contributed by atoms with Crippen molar-refractivity contribution in [2.75, 3.05) is 0 Å². The second-order valence-electron chi connectivity index (χ2n) is 3.56. The van der Waals surface area contributed by atoms with Gasteiger partial charge in [-0.15, -0.1) is 0 Å². The number of rotatable bonds is 1. The van der Waals surface area contributed by atoms with E-state index < -0.39 is 5.97 Å². The molecule has 0 radical (unpaired) electrons. The first-order valence-corrected chi connectivity index (χ1v) is 5.10. The predicted octanol–water partition coefficient (Wildman–Crippen LogP) is 2.37. The summed E-state index contributed by atoms with van der Waals surface area (Å²) in [6.07, 6.45) is -0.230. The van der Waals surface area contributed by atoms with Gasteiger partial charge in [-0.3, -0.25) is 4.79 Å². The Morgan fingerprint density at radius 1 is 1.18 bits per heavy atom. The highest BCUT2D eigenvalue weighted by Gasteiger charge is 2.03. The fraction of sp³-hybridized carbons (Fsp3) is 0.0714. The first-order chi connectivity index (χ1) is 8.18. The van der Waals surface area contributed by atoms with Crippen LogP contribution in [-0.2, 0) is 4.79 Å². The van der Waals surface area contributed by atoms with Crippen molar-refractivity contribution in [3.8, 4) is 17.6 Å². The molecule has 0 aromatic heterocycles. The zero-order valence-corrected chi connectivity index (χ0v) is 8.97. The van der Waals surface area contributed by atoms with Crippen LogP contribution in [0.4, 0.5) is 0 Å². The Kier molecular flexibility index (Phi) is 2.97. The molecule has 84 valence electrons. The maximum atomic E-state index is 10.3. The maximum Gasteiger partial charge on any atom is 0.315 e. The normalized spacial score (nSPS) is 9.65. The predicted molar refractivity (Wildman–Crippen MR) is 64.7 cm³/mol. The average Bonchev–Trinajstić information content (AvgIpc) is 2.32. The topological polar surface area (TPSA) is 57.5 Å². The van der Waals surface area contributed by atoms with Crippen LogP contribution < -0.4 is 0 Å². The lowest BCUT2D eigenvalue weighted by Gasteiger charge is -2.02. The van der Waals surface area contributed by atoms with E-state index in [0.717, 1.165) is 10.8 Å². The molecule has 0 fully saturated rings. The Morgan fingerprint density at radius 2 is 1.94 bits per heavy atom. The van der Waals surface area contributed by atoms with Gasteiger partial charge in [0.2, 0.25) is 0 Å². The fourth-order valence-corrected chi connectivity index (χ4v) is 1.57. The summed E-state index contributed by atoms with van der Waals surface area (Å²) in [5, 5.41) is 20.1. The number of phenols is 1. The van der Waals surface area contributed by atoms with Crippen molar-refractivity contribution in [3.63, 3.8) is 0 Å². The van der Waals surface area contributed by atoms with Crippen molar-refractivity contribution in [3.05, 3.63) is 42.0 Å². The molecule has 0 heterocycles. The minimum Gasteiger partial charge on any atom is -0.506 e. The third kappa shape index (κ3) is 2.37. The Bertz CT molecular complexity index is 633. The Hall–Kier alpha value is -2.47. The highest BCUT2D eigenvalue weighted by Crippen LogP contribution is 2.27. The number of phenolic OH excluding ortho intramolecular Hbond substituents is 1. The molecule has 2 rings (SSSR count). The SMILES string of the molecule is O=C(O)CC#Cc1ccc2ccccc2c1O. The second kappa shape index (κ2) is 4.58. The van der Waals surface area contributed by atoms with Crippen LogP contribution in [0, 0.1) is 11.8 Å². The molecule has 3 heteroatoms. The summed E-state index contributed by atoms with van der Waals surface area (Å²) in [5.41, 5.74) is 0.449. The number of fused-ring (bicyclic) bond motifs is 1. The molecule has 2 N–H and O–H groups in total. The zero-order valence-electron chi connectivity index (χ0n) is 8.97. The van der Waals surface area contributed by atoms with Gasteiger partial charge in [0.25, 0.3) is 0 Å². The lowest BCUT2D eigenvalue weighted by Crippen LogP contribution is -1.90. The summed E-state index contributed by atoms with van der Waals surface area (Å²) in [7, 11) is 0. The van der Waals surface area contributed by atoms with Crippen molar-refractivity contribution >= 4 is 16.7 Å². The molecule has 0 saturated heterocycles. The van der Waals surface area contributed by atoms with Crippen LogP contribution in [0.1, 0.15) is 12.0 Å². The van der Waals surface area contributed by atoms with Crippen molar-refractivity contribution < 1.29 is 15.0 Å². The minimum absolute atomic E-state index is 0.0981. The van der Waals surface area contributed by atoms with E-state index in [-0.39, 0.29) is 12.2 Å². The lowest BCUT2D eigenvalue weighted by molar-refractivity contribution is -0.135. The van der Waals surface area contributed by atoms with E-state index >= 15 is 0 Å². The van der Waals surface area contributed by atoms with Crippen molar-refractivity contribution in [1.29, 1.82) is 0 Å². The molecule has 3 nitrogen and oxygen atoms in total. The highest BCUT2D eigenvalue weighted by atomic mass is 16.4. The fourth-order valence-electron chi connectivity index (χ4n) is 1.57. The van der Waals surface area contributed by atoms with E-state index in [1.54, 1.807) is 12.1 Å². The minimum atomic E-state index is -0.974. The molecule has 0 aliphatic heterocycles. The summed E-state index contributed by atoms with van der Waals surface area (Å²) < 4.78 is 0. The third-order valence-corrected chi connectivity index (χ3v) is 2.36. The van der Waals surface area contributed by atoms with Crippen molar-refractivity contribution in [2.24, 2.45) is 0 Å². The van der Waals surface area contributed by atoms with E-state index in [9.17, 15) is 9.90 Å². The van der Waals surface area contributed by atoms with Gasteiger partial charge in [-0.1, -0.05) is 42.2 Å². The summed E-state index contributed by atoms with van der Waals surface area (Å²) in [4.78, 5) is 10.3. The number of benzene rings is 2. The highest BCUT2D eigenvalue weighted by molar-refractivity contribution is 5.90. The number of aliphatic carboxylic acids is 1. The van der Waals surface area contributed by atoms with Crippen molar-refractivity contribution in [2.45, 2.75) is 6.42 Å². The van der Waals surface area contributed by atoms with Crippen LogP contribution in [0.25, 0.3) is 10.8 Å². The van der Waals surface area contributed by atoms with Crippen molar-refractivity contribution in [1.82, 2.24) is 0 Å². The van der Waals surface area contributed by atoms with Gasteiger partial charge in [-0.2, -0.15) is 0 Å². The van der Waals surface area contributed by atoms with Gasteiger partial charge < -0.3 is 10.2 Å². The van der Waals surface area contributed by atoms with Gasteiger partial charge in [0.05, 0.1) is 5.56 Å². The Labute approximate surface area is 98.3 Å². The first kappa shape index (κ1) is 11.0. The molecule has 0 aliphatic carbocycles. The Balaban J connectivity index is 2.45. The molecule has 0 bridgehead atoms. The summed E-state index contributed by atoms with van der Waals surface area (Å²) >= 11 is 0. The summed E-state index contributed by atoms with van der Waals surface area (Å²) in [5.74, 6) is 4.28. The van der Waals surface area contributed by atoms with Crippen LogP contribution in [0.15, 0.2) is 36.4 Å². The number of hydrogen-bond acceptors (Lipinski definition) is 2. The molecule has 0 spiro atoms. The molecule has 17 heavy (non-hydrogen) atoms. The molecular weight excluding hydrogens is 216 g/mol. The van der Waals surface area contributed by atoms with E-state index in [2.05, 4.69) is 11.8 Å². The molecule has 0 saturated carbocycles. The summed E-state index contributed by atoms with van der Waals surface area (Å²) in [6, 6.07) is 10.9. The standard InChI is InChI=1S/C14H10O3/c15-13(16)7-3-5-11-9-8-10-4-1-2-6-12(10)14(11)17/h1-2,4,6,8-9,17H,7H2,(H,15,16). The molecule has 0 aliphatic rings. The molecule has 2 aromatic rings. The molecule has 0 atom stereocenters. The Morgan fingerprint density at radius 3 is 2.71 bits per heavy atom. The van der Waals surface area contributed by atoms with Crippen LogP contribution in [0.5, 0.6) is 5.75 Å². The smallest absolute Gasteiger partial charge is 0.315 e. The zero-order chi connectivity index (χ0) is 12.3. The van der Waals surface area contributed by atoms with E-state index in [0.29, 0.717) is 5.56 Å². The number of carboxylic acids is 1. The number of aromatic hydroxyl groups is 1. The van der Waals surface area contributed by atoms with E-state index in [1.807, 2.05) is 24.3 Å². The van der Waals surface area contributed by atoms with E-state index in [4.69, 9.17) is 5.11 Å². The van der Waals surface area contributed by atoms with Gasteiger partial charge in [0.15, 0.2) is 0 Å². The third-order valence-electron chi connectivity index (χ3n) is 2.36.